The van der Waals surface area contributed by atoms with E-state index in [1.807, 2.05) is 60.2 Å². The lowest BCUT2D eigenvalue weighted by molar-refractivity contribution is -0.136. The van der Waals surface area contributed by atoms with E-state index in [1.165, 1.54) is 12.7 Å². The third kappa shape index (κ3) is 9.01. The molecule has 0 bridgehead atoms. The number of ether oxygens (including phenoxy) is 2. The molecule has 14 heteroatoms. The molecule has 4 amide bonds. The van der Waals surface area contributed by atoms with Crippen LogP contribution in [0.5, 0.6) is 0 Å². The molecule has 2 saturated heterocycles. The molecule has 3 aliphatic rings. The van der Waals surface area contributed by atoms with Crippen LogP contribution in [0.15, 0.2) is 91.1 Å². The van der Waals surface area contributed by atoms with E-state index in [9.17, 15) is 19.2 Å². The summed E-state index contributed by atoms with van der Waals surface area (Å²) in [5.74, 6) is 1.07. The van der Waals surface area contributed by atoms with E-state index in [0.717, 1.165) is 94.5 Å². The maximum absolute atomic E-state index is 14.2. The van der Waals surface area contributed by atoms with Crippen LogP contribution in [0.4, 0.5) is 9.59 Å². The summed E-state index contributed by atoms with van der Waals surface area (Å²) in [6, 6.07) is 26.8. The first-order valence-electron chi connectivity index (χ1n) is 23.1. The van der Waals surface area contributed by atoms with Gasteiger partial charge in [-0.15, -0.1) is 0 Å². The lowest BCUT2D eigenvalue weighted by atomic mass is 9.89. The van der Waals surface area contributed by atoms with Crippen molar-refractivity contribution in [3.05, 3.63) is 120 Å². The van der Waals surface area contributed by atoms with Crippen molar-refractivity contribution in [1.29, 1.82) is 0 Å². The third-order valence-corrected chi connectivity index (χ3v) is 13.0. The fraction of sp³-hybridized carbons (Fsp3) is 0.385. The van der Waals surface area contributed by atoms with Crippen LogP contribution in [-0.4, -0.2) is 85.6 Å². The summed E-state index contributed by atoms with van der Waals surface area (Å²) in [6.07, 6.45) is 5.45. The molecular formula is C52H58N8O6. The highest BCUT2D eigenvalue weighted by Crippen LogP contribution is 2.40. The molecule has 0 radical (unpaired) electrons. The average Bonchev–Trinajstić information content (AvgIpc) is 4.15. The molecule has 4 N–H and O–H groups in total. The second kappa shape index (κ2) is 18.1. The number of amides is 4. The SMILES string of the molecule is COC(=O)NC(C(=O)N1CCCC1c1nc2c([nH]1)-c1ccc(-c3ccc4cc(-c5cnc(C6CCCN6C(=O)C(NC(=O)OC(C)(C)C)c6ccccc6)[nH]5)ccc4c3)cc1CC2)C(C)C. The highest BCUT2D eigenvalue weighted by molar-refractivity contribution is 5.91. The summed E-state index contributed by atoms with van der Waals surface area (Å²) in [5.41, 5.74) is 8.49. The van der Waals surface area contributed by atoms with Crippen LogP contribution in [0.2, 0.25) is 0 Å². The van der Waals surface area contributed by atoms with Gasteiger partial charge < -0.3 is 39.9 Å². The number of carbonyl (C=O) groups is 4. The Bertz CT molecular complexity index is 2790. The van der Waals surface area contributed by atoms with Gasteiger partial charge in [-0.3, -0.25) is 9.59 Å². The molecule has 4 unspecified atom stereocenters. The van der Waals surface area contributed by atoms with Crippen molar-refractivity contribution >= 4 is 34.8 Å². The standard InChI is InChI=1S/C52H58N8O6/c1-30(2)43(57-50(63)65-6)48(61)60-25-11-15-42(60)47-54-39-23-21-36-27-35(20-22-38(36)45(39)56-47)32-16-17-34-28-37(19-18-33(34)26-32)40-29-53-46(55-40)41-14-10-24-59(41)49(62)44(31-12-8-7-9-13-31)58-51(64)66-52(3,4)5/h7-9,12-13,16-20,22,26-30,41-44H,10-11,14-15,21,23-25H2,1-6H3,(H,53,55)(H,54,56)(H,57,63)(H,58,64). The summed E-state index contributed by atoms with van der Waals surface area (Å²) >= 11 is 0. The van der Waals surface area contributed by atoms with Gasteiger partial charge in [0.15, 0.2) is 0 Å². The van der Waals surface area contributed by atoms with Crippen molar-refractivity contribution in [2.24, 2.45) is 5.92 Å². The van der Waals surface area contributed by atoms with Gasteiger partial charge in [-0.05, 0) is 110 Å². The predicted octanol–water partition coefficient (Wildman–Crippen LogP) is 9.36. The third-order valence-electron chi connectivity index (χ3n) is 13.0. The molecule has 4 atom stereocenters. The van der Waals surface area contributed by atoms with Crippen molar-refractivity contribution in [1.82, 2.24) is 40.4 Å². The molecule has 2 aliphatic heterocycles. The van der Waals surface area contributed by atoms with E-state index in [4.69, 9.17) is 19.4 Å². The molecule has 6 aromatic rings. The Morgan fingerprint density at radius 3 is 2.09 bits per heavy atom. The minimum Gasteiger partial charge on any atom is -0.453 e. The van der Waals surface area contributed by atoms with Gasteiger partial charge in [0.2, 0.25) is 5.91 Å². The number of nitrogens with one attached hydrogen (secondary N) is 4. The van der Waals surface area contributed by atoms with Crippen LogP contribution in [-0.2, 0) is 31.9 Å². The maximum atomic E-state index is 14.2. The first-order chi connectivity index (χ1) is 31.7. The van der Waals surface area contributed by atoms with E-state index in [1.54, 1.807) is 20.8 Å². The number of hydrogen-bond acceptors (Lipinski definition) is 8. The molecule has 0 spiro atoms. The number of rotatable bonds is 10. The summed E-state index contributed by atoms with van der Waals surface area (Å²) in [6.45, 7) is 10.4. The van der Waals surface area contributed by atoms with Crippen molar-refractivity contribution in [3.8, 4) is 33.6 Å². The lowest BCUT2D eigenvalue weighted by Gasteiger charge is -2.30. The van der Waals surface area contributed by atoms with Crippen LogP contribution in [0.25, 0.3) is 44.4 Å². The molecular weight excluding hydrogens is 833 g/mol. The fourth-order valence-corrected chi connectivity index (χ4v) is 9.75. The number of aromatic amines is 2. The van der Waals surface area contributed by atoms with Crippen LogP contribution in [0.1, 0.15) is 107 Å². The molecule has 14 nitrogen and oxygen atoms in total. The fourth-order valence-electron chi connectivity index (χ4n) is 9.75. The molecule has 4 heterocycles. The van der Waals surface area contributed by atoms with Gasteiger partial charge in [-0.25, -0.2) is 19.6 Å². The minimum absolute atomic E-state index is 0.104. The Kier molecular flexibility index (Phi) is 12.2. The van der Waals surface area contributed by atoms with E-state index in [-0.39, 0.29) is 29.8 Å². The van der Waals surface area contributed by atoms with E-state index >= 15 is 0 Å². The van der Waals surface area contributed by atoms with Crippen LogP contribution >= 0.6 is 0 Å². The van der Waals surface area contributed by atoms with Crippen LogP contribution in [0.3, 0.4) is 0 Å². The zero-order valence-corrected chi connectivity index (χ0v) is 38.4. The van der Waals surface area contributed by atoms with E-state index in [0.29, 0.717) is 24.5 Å². The number of aryl methyl sites for hydroxylation is 2. The number of carbonyl (C=O) groups excluding carboxylic acids is 4. The Labute approximate surface area is 384 Å². The second-order valence-electron chi connectivity index (χ2n) is 19.0. The number of methoxy groups -OCH3 is 1. The number of hydrogen-bond donors (Lipinski definition) is 4. The van der Waals surface area contributed by atoms with E-state index < -0.39 is 29.9 Å². The highest BCUT2D eigenvalue weighted by atomic mass is 16.6. The van der Waals surface area contributed by atoms with Crippen LogP contribution in [0, 0.1) is 5.92 Å². The molecule has 4 aromatic carbocycles. The van der Waals surface area contributed by atoms with Crippen LogP contribution < -0.4 is 10.6 Å². The predicted molar refractivity (Wildman–Crippen MR) is 252 cm³/mol. The number of benzene rings is 4. The number of aromatic nitrogens is 4. The maximum Gasteiger partial charge on any atom is 0.408 e. The zero-order chi connectivity index (χ0) is 46.3. The highest BCUT2D eigenvalue weighted by Gasteiger charge is 2.39. The quantitative estimate of drug-likeness (QED) is 0.105. The number of likely N-dealkylation sites (tertiary alicyclic amines) is 2. The summed E-state index contributed by atoms with van der Waals surface area (Å²) in [4.78, 5) is 73.6. The lowest BCUT2D eigenvalue weighted by Crippen LogP contribution is -2.51. The van der Waals surface area contributed by atoms with Gasteiger partial charge in [0, 0.05) is 24.2 Å². The topological polar surface area (TPSA) is 175 Å². The number of nitrogens with zero attached hydrogens (tertiary/aromatic N) is 4. The van der Waals surface area contributed by atoms with Gasteiger partial charge in [0.05, 0.1) is 42.5 Å². The number of imidazole rings is 2. The smallest absolute Gasteiger partial charge is 0.408 e. The van der Waals surface area contributed by atoms with Gasteiger partial charge in [0.25, 0.3) is 5.91 Å². The molecule has 66 heavy (non-hydrogen) atoms. The van der Waals surface area contributed by atoms with Crippen molar-refractivity contribution < 1.29 is 28.7 Å². The van der Waals surface area contributed by atoms with Gasteiger partial charge in [-0.2, -0.15) is 0 Å². The first-order valence-corrected chi connectivity index (χ1v) is 23.1. The molecule has 1 aliphatic carbocycles. The number of H-pyrrole nitrogens is 2. The molecule has 342 valence electrons. The Balaban J connectivity index is 0.900. The van der Waals surface area contributed by atoms with Gasteiger partial charge >= 0.3 is 12.2 Å². The van der Waals surface area contributed by atoms with Crippen molar-refractivity contribution in [2.75, 3.05) is 20.2 Å². The largest absolute Gasteiger partial charge is 0.453 e. The number of alkyl carbamates (subject to hydrolysis) is 2. The molecule has 9 rings (SSSR count). The average molecular weight is 891 g/mol. The Morgan fingerprint density at radius 2 is 1.39 bits per heavy atom. The number of fused-ring (bicyclic) bond motifs is 4. The van der Waals surface area contributed by atoms with Crippen molar-refractivity contribution in [3.63, 3.8) is 0 Å². The molecule has 0 saturated carbocycles. The normalized spacial score (nSPS) is 17.9. The Hall–Kier alpha value is -6.96. The van der Waals surface area contributed by atoms with Gasteiger partial charge in [-0.1, -0.05) is 86.6 Å². The first kappa shape index (κ1) is 44.3. The van der Waals surface area contributed by atoms with E-state index in [2.05, 4.69) is 75.2 Å². The monoisotopic (exact) mass is 890 g/mol. The molecule has 2 fully saturated rings. The Morgan fingerprint density at radius 1 is 0.742 bits per heavy atom. The summed E-state index contributed by atoms with van der Waals surface area (Å²) < 4.78 is 10.3. The van der Waals surface area contributed by atoms with Crippen molar-refractivity contribution in [2.45, 2.75) is 103 Å². The molecule has 2 aromatic heterocycles. The zero-order valence-electron chi connectivity index (χ0n) is 38.4. The minimum atomic E-state index is -0.906. The summed E-state index contributed by atoms with van der Waals surface area (Å²) in [7, 11) is 1.30. The second-order valence-corrected chi connectivity index (χ2v) is 19.0. The summed E-state index contributed by atoms with van der Waals surface area (Å²) in [5, 5.41) is 7.78. The van der Waals surface area contributed by atoms with Gasteiger partial charge in [0.1, 0.15) is 29.3 Å².